The van der Waals surface area contributed by atoms with E-state index in [-0.39, 0.29) is 0 Å². The van der Waals surface area contributed by atoms with E-state index in [0.29, 0.717) is 0 Å². The Hall–Kier alpha value is -1.54. The van der Waals surface area contributed by atoms with Crippen LogP contribution in [0.1, 0.15) is 11.1 Å². The standard InChI is InChI=1S/C14H18N2/c1-4-11-5-6-14-13(9-11)12(10-15-14)7-8-16(2)3/h4-6,9-10,15H,1,7-8H2,2-3H3. The summed E-state index contributed by atoms with van der Waals surface area (Å²) >= 11 is 0. The van der Waals surface area contributed by atoms with Gasteiger partial charge in [0.2, 0.25) is 0 Å². The van der Waals surface area contributed by atoms with Crippen LogP contribution >= 0.6 is 0 Å². The van der Waals surface area contributed by atoms with Crippen LogP contribution in [0.3, 0.4) is 0 Å². The molecule has 1 heterocycles. The van der Waals surface area contributed by atoms with Crippen molar-refractivity contribution < 1.29 is 0 Å². The van der Waals surface area contributed by atoms with Crippen molar-refractivity contribution >= 4 is 17.0 Å². The van der Waals surface area contributed by atoms with Gasteiger partial charge in [-0.15, -0.1) is 0 Å². The van der Waals surface area contributed by atoms with E-state index in [9.17, 15) is 0 Å². The minimum absolute atomic E-state index is 1.07. The topological polar surface area (TPSA) is 19.0 Å². The van der Waals surface area contributed by atoms with Crippen LogP contribution in [0.2, 0.25) is 0 Å². The van der Waals surface area contributed by atoms with Crippen LogP contribution < -0.4 is 0 Å². The summed E-state index contributed by atoms with van der Waals surface area (Å²) < 4.78 is 0. The lowest BCUT2D eigenvalue weighted by Gasteiger charge is -2.08. The summed E-state index contributed by atoms with van der Waals surface area (Å²) in [5.41, 5.74) is 3.77. The lowest BCUT2D eigenvalue weighted by atomic mass is 10.1. The molecule has 0 aliphatic heterocycles. The van der Waals surface area contributed by atoms with Crippen molar-refractivity contribution in [2.45, 2.75) is 6.42 Å². The van der Waals surface area contributed by atoms with Gasteiger partial charge in [0.15, 0.2) is 0 Å². The van der Waals surface area contributed by atoms with Crippen LogP contribution in [0.25, 0.3) is 17.0 Å². The molecule has 0 saturated heterocycles. The Balaban J connectivity index is 2.34. The molecule has 2 heteroatoms. The van der Waals surface area contributed by atoms with Gasteiger partial charge in [0.1, 0.15) is 0 Å². The molecule has 0 radical (unpaired) electrons. The van der Waals surface area contributed by atoms with Crippen molar-refractivity contribution in [1.29, 1.82) is 0 Å². The maximum Gasteiger partial charge on any atom is 0.0457 e. The number of nitrogens with zero attached hydrogens (tertiary/aromatic N) is 1. The van der Waals surface area contributed by atoms with Crippen LogP contribution in [0.5, 0.6) is 0 Å². The third-order valence-electron chi connectivity index (χ3n) is 2.86. The number of aromatic amines is 1. The zero-order valence-electron chi connectivity index (χ0n) is 9.96. The molecular weight excluding hydrogens is 196 g/mol. The number of hydrogen-bond donors (Lipinski definition) is 1. The number of H-pyrrole nitrogens is 1. The second kappa shape index (κ2) is 4.54. The van der Waals surface area contributed by atoms with Crippen LogP contribution in [-0.4, -0.2) is 30.5 Å². The van der Waals surface area contributed by atoms with Crippen LogP contribution in [0.15, 0.2) is 31.0 Å². The molecule has 0 bridgehead atoms. The minimum atomic E-state index is 1.07. The van der Waals surface area contributed by atoms with E-state index in [1.807, 2.05) is 6.08 Å². The largest absolute Gasteiger partial charge is 0.361 e. The molecule has 2 aromatic rings. The third kappa shape index (κ3) is 2.17. The number of nitrogens with one attached hydrogen (secondary N) is 1. The molecule has 0 fully saturated rings. The van der Waals surface area contributed by atoms with Gasteiger partial charge >= 0.3 is 0 Å². The first-order valence-corrected chi connectivity index (χ1v) is 5.58. The van der Waals surface area contributed by atoms with Crippen LogP contribution in [0.4, 0.5) is 0 Å². The highest BCUT2D eigenvalue weighted by molar-refractivity contribution is 5.85. The Morgan fingerprint density at radius 1 is 1.38 bits per heavy atom. The highest BCUT2D eigenvalue weighted by Crippen LogP contribution is 2.20. The molecule has 0 aliphatic rings. The number of rotatable bonds is 4. The van der Waals surface area contributed by atoms with E-state index in [2.05, 4.69) is 55.0 Å². The fourth-order valence-electron chi connectivity index (χ4n) is 1.87. The quantitative estimate of drug-likeness (QED) is 0.829. The first-order chi connectivity index (χ1) is 7.70. The number of benzene rings is 1. The maximum atomic E-state index is 3.81. The second-order valence-corrected chi connectivity index (χ2v) is 4.38. The fraction of sp³-hybridized carbons (Fsp3) is 0.286. The normalized spacial score (nSPS) is 11.2. The van der Waals surface area contributed by atoms with Gasteiger partial charge in [-0.25, -0.2) is 0 Å². The monoisotopic (exact) mass is 214 g/mol. The summed E-state index contributed by atoms with van der Waals surface area (Å²) in [6, 6.07) is 6.40. The Labute approximate surface area is 96.6 Å². The first kappa shape index (κ1) is 11.0. The van der Waals surface area contributed by atoms with Crippen molar-refractivity contribution in [3.8, 4) is 0 Å². The number of hydrogen-bond acceptors (Lipinski definition) is 1. The van der Waals surface area contributed by atoms with Crippen LogP contribution in [-0.2, 0) is 6.42 Å². The summed E-state index contributed by atoms with van der Waals surface area (Å²) in [5, 5.41) is 1.32. The molecule has 0 amide bonds. The zero-order valence-corrected chi connectivity index (χ0v) is 9.96. The van der Waals surface area contributed by atoms with Crippen molar-refractivity contribution in [2.24, 2.45) is 0 Å². The van der Waals surface area contributed by atoms with Gasteiger partial charge in [-0.1, -0.05) is 18.7 Å². The van der Waals surface area contributed by atoms with Gasteiger partial charge in [-0.2, -0.15) is 0 Å². The van der Waals surface area contributed by atoms with E-state index in [0.717, 1.165) is 13.0 Å². The Kier molecular flexibility index (Phi) is 3.11. The maximum absolute atomic E-state index is 3.81. The Bertz CT molecular complexity index is 494. The SMILES string of the molecule is C=Cc1ccc2[nH]cc(CCN(C)C)c2c1. The average molecular weight is 214 g/mol. The van der Waals surface area contributed by atoms with Gasteiger partial charge in [0.25, 0.3) is 0 Å². The van der Waals surface area contributed by atoms with Crippen molar-refractivity contribution in [3.05, 3.63) is 42.1 Å². The Morgan fingerprint density at radius 3 is 2.88 bits per heavy atom. The molecule has 1 aromatic carbocycles. The van der Waals surface area contributed by atoms with Gasteiger partial charge in [0, 0.05) is 23.6 Å². The highest BCUT2D eigenvalue weighted by atomic mass is 15.0. The fourth-order valence-corrected chi connectivity index (χ4v) is 1.87. The van der Waals surface area contributed by atoms with Gasteiger partial charge < -0.3 is 9.88 Å². The molecule has 84 valence electrons. The highest BCUT2D eigenvalue weighted by Gasteiger charge is 2.04. The number of likely N-dealkylation sites (N-methyl/N-ethyl adjacent to an activating group) is 1. The summed E-state index contributed by atoms with van der Waals surface area (Å²) in [6.07, 6.45) is 5.08. The summed E-state index contributed by atoms with van der Waals surface area (Å²) in [4.78, 5) is 5.51. The first-order valence-electron chi connectivity index (χ1n) is 5.58. The molecule has 2 rings (SSSR count). The van der Waals surface area contributed by atoms with E-state index in [4.69, 9.17) is 0 Å². The third-order valence-corrected chi connectivity index (χ3v) is 2.86. The lowest BCUT2D eigenvalue weighted by molar-refractivity contribution is 0.414. The molecule has 0 aliphatic carbocycles. The summed E-state index contributed by atoms with van der Waals surface area (Å²) in [6.45, 7) is 4.88. The molecule has 1 N–H and O–H groups in total. The van der Waals surface area contributed by atoms with Crippen molar-refractivity contribution in [3.63, 3.8) is 0 Å². The van der Waals surface area contributed by atoms with E-state index in [1.165, 1.54) is 22.0 Å². The molecule has 2 nitrogen and oxygen atoms in total. The van der Waals surface area contributed by atoms with Gasteiger partial charge in [0.05, 0.1) is 0 Å². The minimum Gasteiger partial charge on any atom is -0.361 e. The molecule has 0 unspecified atom stereocenters. The predicted molar refractivity (Wildman–Crippen MR) is 70.6 cm³/mol. The predicted octanol–water partition coefficient (Wildman–Crippen LogP) is 2.92. The smallest absolute Gasteiger partial charge is 0.0457 e. The number of aromatic nitrogens is 1. The number of fused-ring (bicyclic) bond motifs is 1. The van der Waals surface area contributed by atoms with E-state index < -0.39 is 0 Å². The Morgan fingerprint density at radius 2 is 2.19 bits per heavy atom. The van der Waals surface area contributed by atoms with Gasteiger partial charge in [-0.3, -0.25) is 0 Å². The molecule has 0 atom stereocenters. The summed E-state index contributed by atoms with van der Waals surface area (Å²) in [5.74, 6) is 0. The second-order valence-electron chi connectivity index (χ2n) is 4.38. The molecular formula is C14H18N2. The lowest BCUT2D eigenvalue weighted by Crippen LogP contribution is -2.14. The molecule has 0 spiro atoms. The van der Waals surface area contributed by atoms with E-state index >= 15 is 0 Å². The summed E-state index contributed by atoms with van der Waals surface area (Å²) in [7, 11) is 4.20. The zero-order chi connectivity index (χ0) is 11.5. The van der Waals surface area contributed by atoms with Gasteiger partial charge in [-0.05, 0) is 43.8 Å². The molecule has 1 aromatic heterocycles. The van der Waals surface area contributed by atoms with Crippen molar-refractivity contribution in [1.82, 2.24) is 9.88 Å². The molecule has 0 saturated carbocycles. The van der Waals surface area contributed by atoms with E-state index in [1.54, 1.807) is 0 Å². The average Bonchev–Trinajstić information content (AvgIpc) is 2.68. The van der Waals surface area contributed by atoms with Crippen LogP contribution in [0, 0.1) is 0 Å². The molecule has 16 heavy (non-hydrogen) atoms. The van der Waals surface area contributed by atoms with Crippen molar-refractivity contribution in [2.75, 3.05) is 20.6 Å².